The first-order valence-corrected chi connectivity index (χ1v) is 9.67. The van der Waals surface area contributed by atoms with Gasteiger partial charge >= 0.3 is 5.97 Å². The van der Waals surface area contributed by atoms with E-state index in [-0.39, 0.29) is 12.5 Å². The number of nitriles is 1. The third kappa shape index (κ3) is 3.41. The Hall–Kier alpha value is -1.76. The Labute approximate surface area is 162 Å². The number of carbonyl (C=O) groups excluding carboxylic acids is 1. The van der Waals surface area contributed by atoms with E-state index in [1.807, 2.05) is 12.3 Å². The highest BCUT2D eigenvalue weighted by atomic mass is 32.2. The first-order valence-electron chi connectivity index (χ1n) is 7.93. The third-order valence-electron chi connectivity index (χ3n) is 4.56. The first-order chi connectivity index (χ1) is 12.0. The molecule has 0 saturated carbocycles. The van der Waals surface area contributed by atoms with Crippen molar-refractivity contribution >= 4 is 42.0 Å². The number of carboxylic acid groups (broad SMARTS) is 1. The predicted octanol–water partition coefficient (Wildman–Crippen LogP) is 2.43. The molecule has 0 radical (unpaired) electrons. The minimum absolute atomic E-state index is 0.158. The van der Waals surface area contributed by atoms with Crippen molar-refractivity contribution in [1.82, 2.24) is 9.88 Å². The maximum absolute atomic E-state index is 13.0. The van der Waals surface area contributed by atoms with Crippen molar-refractivity contribution in [3.8, 4) is 6.07 Å². The lowest BCUT2D eigenvalue weighted by atomic mass is 9.91. The highest BCUT2D eigenvalue weighted by Gasteiger charge is 2.53. The summed E-state index contributed by atoms with van der Waals surface area (Å²) in [6.45, 7) is 6.90. The summed E-state index contributed by atoms with van der Waals surface area (Å²) >= 11 is 5.97. The molecule has 1 saturated heterocycles. The molecule has 1 aromatic rings. The van der Waals surface area contributed by atoms with E-state index in [0.717, 1.165) is 0 Å². The molecule has 1 aliphatic rings. The van der Waals surface area contributed by atoms with Gasteiger partial charge in [0.15, 0.2) is 5.69 Å². The van der Waals surface area contributed by atoms with Crippen LogP contribution in [0.5, 0.6) is 0 Å². The summed E-state index contributed by atoms with van der Waals surface area (Å²) < 4.78 is 0. The second-order valence-corrected chi connectivity index (χ2v) is 8.56. The molecule has 26 heavy (non-hydrogen) atoms. The standard InChI is InChI=1S/C17H22N4O3S2/c1-16(2,14(23)24)9-20-15(25)21(13(22)17(20,3)4)10-6-12(26-5)11(7-18)19-8-10/h6,8,15,25H,9H2,1-5H3,(H,23,24). The van der Waals surface area contributed by atoms with E-state index in [0.29, 0.717) is 16.3 Å². The molecule has 0 bridgehead atoms. The second-order valence-electron chi connectivity index (χ2n) is 7.25. The van der Waals surface area contributed by atoms with Crippen LogP contribution in [-0.2, 0) is 9.59 Å². The maximum atomic E-state index is 13.0. The molecule has 140 valence electrons. The van der Waals surface area contributed by atoms with Crippen LogP contribution in [0.2, 0.25) is 0 Å². The first kappa shape index (κ1) is 20.6. The molecule has 7 nitrogen and oxygen atoms in total. The fraction of sp³-hybridized carbons (Fsp3) is 0.529. The molecule has 1 atom stereocenters. The molecular weight excluding hydrogens is 372 g/mol. The summed E-state index contributed by atoms with van der Waals surface area (Å²) in [7, 11) is 0. The minimum atomic E-state index is -1.04. The van der Waals surface area contributed by atoms with Gasteiger partial charge in [-0.1, -0.05) is 0 Å². The second kappa shape index (κ2) is 7.10. The number of carbonyl (C=O) groups is 2. The number of rotatable bonds is 5. The highest BCUT2D eigenvalue weighted by molar-refractivity contribution is 7.98. The van der Waals surface area contributed by atoms with Gasteiger partial charge in [0.1, 0.15) is 11.6 Å². The topological polar surface area (TPSA) is 97.5 Å². The molecule has 1 amide bonds. The lowest BCUT2D eigenvalue weighted by molar-refractivity contribution is -0.149. The summed E-state index contributed by atoms with van der Waals surface area (Å²) in [5.41, 5.74) is -1.77. The van der Waals surface area contributed by atoms with Crippen LogP contribution in [-0.4, -0.2) is 50.7 Å². The van der Waals surface area contributed by atoms with E-state index >= 15 is 0 Å². The molecule has 2 heterocycles. The largest absolute Gasteiger partial charge is 0.481 e. The van der Waals surface area contributed by atoms with Crippen molar-refractivity contribution in [2.75, 3.05) is 17.7 Å². The summed E-state index contributed by atoms with van der Waals surface area (Å²) in [6, 6.07) is 3.76. The quantitative estimate of drug-likeness (QED) is 0.585. The number of hydrogen-bond acceptors (Lipinski definition) is 7. The zero-order valence-corrected chi connectivity index (χ0v) is 17.1. The lowest BCUT2D eigenvalue weighted by Gasteiger charge is -2.35. The van der Waals surface area contributed by atoms with Gasteiger partial charge in [-0.25, -0.2) is 4.98 Å². The van der Waals surface area contributed by atoms with Crippen molar-refractivity contribution < 1.29 is 14.7 Å². The summed E-state index contributed by atoms with van der Waals surface area (Å²) in [5.74, 6) is -1.14. The van der Waals surface area contributed by atoms with Crippen LogP contribution < -0.4 is 4.90 Å². The molecule has 1 N–H and O–H groups in total. The van der Waals surface area contributed by atoms with Crippen molar-refractivity contribution in [3.63, 3.8) is 0 Å². The van der Waals surface area contributed by atoms with E-state index in [9.17, 15) is 14.7 Å². The number of anilines is 1. The Morgan fingerprint density at radius 3 is 2.65 bits per heavy atom. The third-order valence-corrected chi connectivity index (χ3v) is 5.82. The molecule has 0 aromatic carbocycles. The summed E-state index contributed by atoms with van der Waals surface area (Å²) in [4.78, 5) is 32.6. The molecule has 0 aliphatic carbocycles. The average molecular weight is 395 g/mol. The van der Waals surface area contributed by atoms with Gasteiger partial charge in [-0.15, -0.1) is 24.4 Å². The number of aromatic nitrogens is 1. The van der Waals surface area contributed by atoms with Crippen LogP contribution in [0, 0.1) is 16.7 Å². The van der Waals surface area contributed by atoms with Gasteiger partial charge in [-0.3, -0.25) is 19.4 Å². The van der Waals surface area contributed by atoms with E-state index in [4.69, 9.17) is 5.26 Å². The molecule has 1 fully saturated rings. The van der Waals surface area contributed by atoms with Crippen molar-refractivity contribution in [2.45, 2.75) is 43.6 Å². The summed E-state index contributed by atoms with van der Waals surface area (Å²) in [5, 5.41) is 18.6. The fourth-order valence-corrected chi connectivity index (χ4v) is 3.92. The van der Waals surface area contributed by atoms with Gasteiger partial charge in [-0.05, 0) is 40.0 Å². The molecule has 9 heteroatoms. The Kier molecular flexibility index (Phi) is 5.61. The number of carboxylic acids is 1. The molecule has 0 spiro atoms. The van der Waals surface area contributed by atoms with Crippen LogP contribution in [0.1, 0.15) is 33.4 Å². The minimum Gasteiger partial charge on any atom is -0.481 e. The van der Waals surface area contributed by atoms with Crippen LogP contribution in [0.15, 0.2) is 17.2 Å². The van der Waals surface area contributed by atoms with Gasteiger partial charge in [0.05, 0.1) is 22.8 Å². The van der Waals surface area contributed by atoms with Crippen molar-refractivity contribution in [3.05, 3.63) is 18.0 Å². The normalized spacial score (nSPS) is 20.3. The van der Waals surface area contributed by atoms with Crippen molar-refractivity contribution in [2.24, 2.45) is 5.41 Å². The van der Waals surface area contributed by atoms with Gasteiger partial charge in [0.2, 0.25) is 5.91 Å². The predicted molar refractivity (Wildman–Crippen MR) is 103 cm³/mol. The van der Waals surface area contributed by atoms with E-state index in [1.54, 1.807) is 38.7 Å². The van der Waals surface area contributed by atoms with Crippen molar-refractivity contribution in [1.29, 1.82) is 5.26 Å². The van der Waals surface area contributed by atoms with E-state index in [1.165, 1.54) is 22.9 Å². The molecule has 2 rings (SSSR count). The number of pyridine rings is 1. The van der Waals surface area contributed by atoms with Gasteiger partial charge in [0.25, 0.3) is 0 Å². The lowest BCUT2D eigenvalue weighted by Crippen LogP contribution is -2.50. The fourth-order valence-electron chi connectivity index (χ4n) is 2.78. The Balaban J connectivity index is 2.45. The summed E-state index contributed by atoms with van der Waals surface area (Å²) in [6.07, 6.45) is 3.30. The molecular formula is C17H22N4O3S2. The number of hydrogen-bond donors (Lipinski definition) is 2. The zero-order chi connectivity index (χ0) is 19.9. The molecule has 1 unspecified atom stereocenters. The Bertz CT molecular complexity index is 789. The molecule has 1 aliphatic heterocycles. The number of thioether (sulfide) groups is 1. The van der Waals surface area contributed by atoms with E-state index < -0.39 is 22.4 Å². The van der Waals surface area contributed by atoms with Crippen LogP contribution in [0.25, 0.3) is 0 Å². The van der Waals surface area contributed by atoms with Gasteiger partial charge < -0.3 is 5.11 Å². The Morgan fingerprint density at radius 1 is 1.54 bits per heavy atom. The molecule has 1 aromatic heterocycles. The van der Waals surface area contributed by atoms with Gasteiger partial charge in [-0.2, -0.15) is 5.26 Å². The zero-order valence-electron chi connectivity index (χ0n) is 15.3. The highest BCUT2D eigenvalue weighted by Crippen LogP contribution is 2.39. The average Bonchev–Trinajstić information content (AvgIpc) is 2.74. The number of aliphatic carboxylic acids is 1. The SMILES string of the molecule is CSc1cc(N2C(=O)C(C)(C)N(CC(C)(C)C(=O)O)C2S)cnc1C#N. The van der Waals surface area contributed by atoms with Crippen LogP contribution in [0.3, 0.4) is 0 Å². The monoisotopic (exact) mass is 394 g/mol. The number of nitrogens with zero attached hydrogens (tertiary/aromatic N) is 4. The van der Waals surface area contributed by atoms with Gasteiger partial charge in [0, 0.05) is 11.4 Å². The Morgan fingerprint density at radius 2 is 2.15 bits per heavy atom. The smallest absolute Gasteiger partial charge is 0.310 e. The number of thiol groups is 1. The van der Waals surface area contributed by atoms with E-state index in [2.05, 4.69) is 17.6 Å². The van der Waals surface area contributed by atoms with Crippen LogP contribution >= 0.6 is 24.4 Å². The number of amides is 1. The maximum Gasteiger partial charge on any atom is 0.310 e. The van der Waals surface area contributed by atoms with Crippen LogP contribution in [0.4, 0.5) is 5.69 Å².